The fourth-order valence-corrected chi connectivity index (χ4v) is 3.03. The van der Waals surface area contributed by atoms with Gasteiger partial charge in [-0.2, -0.15) is 0 Å². The van der Waals surface area contributed by atoms with E-state index in [-0.39, 0.29) is 5.97 Å². The maximum atomic E-state index is 11.6. The van der Waals surface area contributed by atoms with Gasteiger partial charge in [-0.05, 0) is 11.6 Å². The highest BCUT2D eigenvalue weighted by Gasteiger charge is 2.12. The number of nitrogens with zero attached hydrogens (tertiary/aromatic N) is 1. The Hall–Kier alpha value is -2.14. The zero-order valence-electron chi connectivity index (χ0n) is 10.3. The van der Waals surface area contributed by atoms with Crippen LogP contribution in [0.2, 0.25) is 0 Å². The molecule has 2 aromatic heterocycles. The largest absolute Gasteiger partial charge is 0.465 e. The standard InChI is InChI=1S/C14H12N2O2S/c1-18-14(17)11-8-19-12-6-9(2-3-10(11)12)7-13-15-4-5-16-13/h2-6,8H,7H2,1H3,(H,15,16). The summed E-state index contributed by atoms with van der Waals surface area (Å²) in [5, 5.41) is 2.78. The summed E-state index contributed by atoms with van der Waals surface area (Å²) in [4.78, 5) is 18.9. The highest BCUT2D eigenvalue weighted by Crippen LogP contribution is 2.28. The first-order valence-electron chi connectivity index (χ1n) is 5.84. The second-order valence-electron chi connectivity index (χ2n) is 4.18. The number of thiophene rings is 1. The minimum atomic E-state index is -0.287. The van der Waals surface area contributed by atoms with E-state index in [4.69, 9.17) is 4.74 Å². The zero-order valence-corrected chi connectivity index (χ0v) is 11.2. The number of fused-ring (bicyclic) bond motifs is 1. The van der Waals surface area contributed by atoms with Gasteiger partial charge in [0.25, 0.3) is 0 Å². The average molecular weight is 272 g/mol. The first-order valence-corrected chi connectivity index (χ1v) is 6.72. The molecule has 0 fully saturated rings. The Morgan fingerprint density at radius 3 is 3.11 bits per heavy atom. The van der Waals surface area contributed by atoms with Gasteiger partial charge < -0.3 is 9.72 Å². The lowest BCUT2D eigenvalue weighted by Crippen LogP contribution is -1.99. The fourth-order valence-electron chi connectivity index (χ4n) is 2.04. The molecule has 0 saturated carbocycles. The van der Waals surface area contributed by atoms with Crippen LogP contribution in [-0.4, -0.2) is 23.0 Å². The maximum absolute atomic E-state index is 11.6. The SMILES string of the molecule is COC(=O)c1csc2cc(Cc3ncc[nH]3)ccc12. The monoisotopic (exact) mass is 272 g/mol. The van der Waals surface area contributed by atoms with E-state index < -0.39 is 0 Å². The first kappa shape index (κ1) is 11.9. The number of esters is 1. The van der Waals surface area contributed by atoms with Crippen LogP contribution in [0.5, 0.6) is 0 Å². The van der Waals surface area contributed by atoms with Gasteiger partial charge in [-0.3, -0.25) is 0 Å². The summed E-state index contributed by atoms with van der Waals surface area (Å²) in [5.74, 6) is 0.647. The molecule has 19 heavy (non-hydrogen) atoms. The first-order chi connectivity index (χ1) is 9.28. The summed E-state index contributed by atoms with van der Waals surface area (Å²) in [7, 11) is 1.40. The molecule has 96 valence electrons. The Morgan fingerprint density at radius 1 is 1.47 bits per heavy atom. The molecule has 0 saturated heterocycles. The second-order valence-corrected chi connectivity index (χ2v) is 5.10. The molecule has 0 aliphatic heterocycles. The third-order valence-electron chi connectivity index (χ3n) is 2.97. The molecular weight excluding hydrogens is 260 g/mol. The van der Waals surface area contributed by atoms with Crippen LogP contribution in [0.1, 0.15) is 21.7 Å². The van der Waals surface area contributed by atoms with Crippen molar-refractivity contribution in [2.24, 2.45) is 0 Å². The van der Waals surface area contributed by atoms with Crippen molar-refractivity contribution in [2.75, 3.05) is 7.11 Å². The Kier molecular flexibility index (Phi) is 3.05. The molecule has 1 aromatic carbocycles. The summed E-state index contributed by atoms with van der Waals surface area (Å²) in [6.45, 7) is 0. The number of carbonyl (C=O) groups is 1. The van der Waals surface area contributed by atoms with Crippen molar-refractivity contribution >= 4 is 27.4 Å². The van der Waals surface area contributed by atoms with Crippen LogP contribution < -0.4 is 0 Å². The quantitative estimate of drug-likeness (QED) is 0.746. The van der Waals surface area contributed by atoms with E-state index in [2.05, 4.69) is 16.0 Å². The normalized spacial score (nSPS) is 10.8. The number of ether oxygens (including phenoxy) is 1. The summed E-state index contributed by atoms with van der Waals surface area (Å²) in [6.07, 6.45) is 4.32. The molecule has 0 amide bonds. The van der Waals surface area contributed by atoms with E-state index in [1.165, 1.54) is 12.7 Å². The number of aromatic amines is 1. The number of aromatic nitrogens is 2. The molecule has 1 N–H and O–H groups in total. The Balaban J connectivity index is 1.96. The molecule has 5 heteroatoms. The number of methoxy groups -OCH3 is 1. The van der Waals surface area contributed by atoms with Gasteiger partial charge in [-0.1, -0.05) is 12.1 Å². The Bertz CT molecular complexity index is 716. The van der Waals surface area contributed by atoms with Crippen molar-refractivity contribution < 1.29 is 9.53 Å². The molecule has 0 spiro atoms. The predicted molar refractivity (Wildman–Crippen MR) is 74.6 cm³/mol. The molecule has 0 atom stereocenters. The molecule has 0 aliphatic carbocycles. The van der Waals surface area contributed by atoms with Crippen molar-refractivity contribution in [1.82, 2.24) is 9.97 Å². The Morgan fingerprint density at radius 2 is 2.37 bits per heavy atom. The third-order valence-corrected chi connectivity index (χ3v) is 3.92. The number of benzene rings is 1. The predicted octanol–water partition coefficient (Wildman–Crippen LogP) is 3.00. The number of nitrogens with one attached hydrogen (secondary N) is 1. The van der Waals surface area contributed by atoms with Crippen molar-refractivity contribution in [1.29, 1.82) is 0 Å². The number of H-pyrrole nitrogens is 1. The molecule has 3 rings (SSSR count). The molecule has 0 bridgehead atoms. The van der Waals surface area contributed by atoms with E-state index in [1.807, 2.05) is 23.7 Å². The lowest BCUT2D eigenvalue weighted by molar-refractivity contribution is 0.0603. The molecule has 3 aromatic rings. The number of imidazole rings is 1. The minimum Gasteiger partial charge on any atom is -0.465 e. The average Bonchev–Trinajstić information content (AvgIpc) is 3.06. The van der Waals surface area contributed by atoms with Crippen LogP contribution in [-0.2, 0) is 11.2 Å². The lowest BCUT2D eigenvalue weighted by Gasteiger charge is -2.00. The fraction of sp³-hybridized carbons (Fsp3) is 0.143. The van der Waals surface area contributed by atoms with Crippen LogP contribution >= 0.6 is 11.3 Å². The number of carbonyl (C=O) groups excluding carboxylic acids is 1. The Labute approximate surface area is 114 Å². The molecule has 0 aliphatic rings. The van der Waals surface area contributed by atoms with E-state index in [1.54, 1.807) is 17.5 Å². The highest BCUT2D eigenvalue weighted by atomic mass is 32.1. The number of rotatable bonds is 3. The summed E-state index contributed by atoms with van der Waals surface area (Å²) in [5.41, 5.74) is 1.80. The van der Waals surface area contributed by atoms with Gasteiger partial charge in [0.05, 0.1) is 12.7 Å². The van der Waals surface area contributed by atoms with Crippen molar-refractivity contribution in [2.45, 2.75) is 6.42 Å². The number of hydrogen-bond acceptors (Lipinski definition) is 4. The van der Waals surface area contributed by atoms with Crippen LogP contribution in [0, 0.1) is 0 Å². The molecule has 0 unspecified atom stereocenters. The van der Waals surface area contributed by atoms with Crippen LogP contribution in [0.25, 0.3) is 10.1 Å². The van der Waals surface area contributed by atoms with Crippen molar-refractivity contribution in [3.63, 3.8) is 0 Å². The molecule has 0 radical (unpaired) electrons. The van der Waals surface area contributed by atoms with Gasteiger partial charge in [-0.15, -0.1) is 11.3 Å². The van der Waals surface area contributed by atoms with E-state index >= 15 is 0 Å². The van der Waals surface area contributed by atoms with Crippen LogP contribution in [0.3, 0.4) is 0 Å². The van der Waals surface area contributed by atoms with Crippen LogP contribution in [0.15, 0.2) is 36.0 Å². The van der Waals surface area contributed by atoms with Crippen molar-refractivity contribution in [3.05, 3.63) is 52.9 Å². The summed E-state index contributed by atoms with van der Waals surface area (Å²) >= 11 is 1.55. The van der Waals surface area contributed by atoms with Gasteiger partial charge in [0.1, 0.15) is 5.82 Å². The lowest BCUT2D eigenvalue weighted by atomic mass is 10.1. The molecule has 4 nitrogen and oxygen atoms in total. The van der Waals surface area contributed by atoms with Gasteiger partial charge in [0.2, 0.25) is 0 Å². The smallest absolute Gasteiger partial charge is 0.339 e. The topological polar surface area (TPSA) is 55.0 Å². The summed E-state index contributed by atoms with van der Waals surface area (Å²) < 4.78 is 5.86. The summed E-state index contributed by atoms with van der Waals surface area (Å²) in [6, 6.07) is 6.08. The number of hydrogen-bond donors (Lipinski definition) is 1. The van der Waals surface area contributed by atoms with E-state index in [0.717, 1.165) is 22.3 Å². The highest BCUT2D eigenvalue weighted by molar-refractivity contribution is 7.17. The van der Waals surface area contributed by atoms with Crippen LogP contribution in [0.4, 0.5) is 0 Å². The van der Waals surface area contributed by atoms with E-state index in [9.17, 15) is 4.79 Å². The van der Waals surface area contributed by atoms with Gasteiger partial charge in [0.15, 0.2) is 0 Å². The minimum absolute atomic E-state index is 0.287. The van der Waals surface area contributed by atoms with Crippen molar-refractivity contribution in [3.8, 4) is 0 Å². The second kappa shape index (κ2) is 4.85. The van der Waals surface area contributed by atoms with Gasteiger partial charge >= 0.3 is 5.97 Å². The third kappa shape index (κ3) is 2.24. The zero-order chi connectivity index (χ0) is 13.2. The van der Waals surface area contributed by atoms with E-state index in [0.29, 0.717) is 5.56 Å². The molecular formula is C14H12N2O2S. The van der Waals surface area contributed by atoms with Gasteiger partial charge in [-0.25, -0.2) is 9.78 Å². The van der Waals surface area contributed by atoms with Gasteiger partial charge in [0, 0.05) is 34.3 Å². The molecule has 2 heterocycles. The maximum Gasteiger partial charge on any atom is 0.339 e.